The minimum Gasteiger partial charge on any atom is -0.397 e. The highest BCUT2D eigenvalue weighted by Crippen LogP contribution is 2.30. The van der Waals surface area contributed by atoms with Gasteiger partial charge in [0, 0.05) is 6.54 Å². The normalized spacial score (nSPS) is 17.1. The van der Waals surface area contributed by atoms with Crippen molar-refractivity contribution >= 4 is 17.3 Å². The number of rotatable bonds is 5. The van der Waals surface area contributed by atoms with E-state index < -0.39 is 5.60 Å². The molecule has 5 nitrogen and oxygen atoms in total. The molecule has 0 bridgehead atoms. The molecule has 0 aliphatic heterocycles. The Kier molecular flexibility index (Phi) is 4.85. The first kappa shape index (κ1) is 15.8. The molecule has 0 radical (unpaired) electrons. The second kappa shape index (κ2) is 6.45. The number of aliphatic hydroxyl groups is 1. The number of hydrogen-bond donors (Lipinski definition) is 3. The van der Waals surface area contributed by atoms with Crippen LogP contribution in [-0.4, -0.2) is 41.7 Å². The second-order valence-electron chi connectivity index (χ2n) is 6.19. The Morgan fingerprint density at radius 2 is 2.10 bits per heavy atom. The smallest absolute Gasteiger partial charge is 0.238 e. The summed E-state index contributed by atoms with van der Waals surface area (Å²) in [7, 11) is 1.86. The number of benzene rings is 1. The first-order chi connectivity index (χ1) is 9.89. The minimum atomic E-state index is -0.628. The Labute approximate surface area is 126 Å². The van der Waals surface area contributed by atoms with E-state index in [-0.39, 0.29) is 12.5 Å². The van der Waals surface area contributed by atoms with Crippen LogP contribution in [0.2, 0.25) is 0 Å². The zero-order valence-corrected chi connectivity index (χ0v) is 12.9. The molecule has 1 saturated carbocycles. The Morgan fingerprint density at radius 3 is 2.71 bits per heavy atom. The molecule has 21 heavy (non-hydrogen) atoms. The highest BCUT2D eigenvalue weighted by Gasteiger charge is 2.32. The molecular formula is C16H25N3O2. The Bertz CT molecular complexity index is 490. The minimum absolute atomic E-state index is 0.111. The van der Waals surface area contributed by atoms with Crippen molar-refractivity contribution in [2.75, 3.05) is 31.2 Å². The Hall–Kier alpha value is -1.59. The van der Waals surface area contributed by atoms with Gasteiger partial charge in [-0.05, 0) is 38.4 Å². The molecule has 116 valence electrons. The number of nitrogens with two attached hydrogens (primary N) is 1. The molecule has 1 aromatic rings. The number of nitrogens with zero attached hydrogens (tertiary/aromatic N) is 1. The molecule has 0 saturated heterocycles. The first-order valence-electron chi connectivity index (χ1n) is 7.45. The summed E-state index contributed by atoms with van der Waals surface area (Å²) in [5.41, 5.74) is 7.45. The van der Waals surface area contributed by atoms with Gasteiger partial charge in [-0.1, -0.05) is 25.0 Å². The van der Waals surface area contributed by atoms with Crippen LogP contribution in [0.25, 0.3) is 0 Å². The van der Waals surface area contributed by atoms with Gasteiger partial charge in [-0.3, -0.25) is 9.69 Å². The molecule has 0 spiro atoms. The number of para-hydroxylation sites is 1. The second-order valence-corrected chi connectivity index (χ2v) is 6.19. The lowest BCUT2D eigenvalue weighted by Crippen LogP contribution is -2.42. The van der Waals surface area contributed by atoms with Gasteiger partial charge in [-0.15, -0.1) is 0 Å². The van der Waals surface area contributed by atoms with Crippen molar-refractivity contribution in [1.82, 2.24) is 4.90 Å². The van der Waals surface area contributed by atoms with Crippen LogP contribution in [0.5, 0.6) is 0 Å². The molecule has 1 aromatic carbocycles. The average Bonchev–Trinajstić information content (AvgIpc) is 2.80. The summed E-state index contributed by atoms with van der Waals surface area (Å²) in [6.07, 6.45) is 3.78. The first-order valence-corrected chi connectivity index (χ1v) is 7.45. The number of anilines is 2. The number of nitrogen functional groups attached to an aromatic ring is 1. The van der Waals surface area contributed by atoms with E-state index in [9.17, 15) is 9.90 Å². The van der Waals surface area contributed by atoms with Crippen molar-refractivity contribution in [2.24, 2.45) is 0 Å². The van der Waals surface area contributed by atoms with Crippen molar-refractivity contribution in [3.63, 3.8) is 0 Å². The fourth-order valence-electron chi connectivity index (χ4n) is 3.03. The van der Waals surface area contributed by atoms with Crippen LogP contribution >= 0.6 is 0 Å². The lowest BCUT2D eigenvalue weighted by atomic mass is 10.0. The largest absolute Gasteiger partial charge is 0.397 e. The number of nitrogens with one attached hydrogen (secondary N) is 1. The van der Waals surface area contributed by atoms with E-state index in [0.29, 0.717) is 17.9 Å². The van der Waals surface area contributed by atoms with Crippen molar-refractivity contribution < 1.29 is 9.90 Å². The van der Waals surface area contributed by atoms with E-state index in [1.165, 1.54) is 0 Å². The molecule has 0 heterocycles. The summed E-state index contributed by atoms with van der Waals surface area (Å²) < 4.78 is 0. The van der Waals surface area contributed by atoms with Gasteiger partial charge in [0.15, 0.2) is 0 Å². The maximum Gasteiger partial charge on any atom is 0.238 e. The fourth-order valence-corrected chi connectivity index (χ4v) is 3.03. The van der Waals surface area contributed by atoms with E-state index in [1.807, 2.05) is 31.0 Å². The number of hydrogen-bond acceptors (Lipinski definition) is 4. The quantitative estimate of drug-likeness (QED) is 0.722. The zero-order chi connectivity index (χ0) is 15.5. The molecule has 5 heteroatoms. The van der Waals surface area contributed by atoms with Gasteiger partial charge in [0.25, 0.3) is 0 Å². The Morgan fingerprint density at radius 1 is 1.43 bits per heavy atom. The lowest BCUT2D eigenvalue weighted by molar-refractivity contribution is -0.117. The van der Waals surface area contributed by atoms with Crippen molar-refractivity contribution in [3.8, 4) is 0 Å². The molecular weight excluding hydrogens is 266 g/mol. The summed E-state index contributed by atoms with van der Waals surface area (Å²) in [5.74, 6) is -0.111. The predicted molar refractivity (Wildman–Crippen MR) is 85.1 cm³/mol. The van der Waals surface area contributed by atoms with Crippen LogP contribution in [0.1, 0.15) is 31.2 Å². The zero-order valence-electron chi connectivity index (χ0n) is 12.9. The van der Waals surface area contributed by atoms with Gasteiger partial charge in [0.2, 0.25) is 5.91 Å². The number of aryl methyl sites for hydroxylation is 1. The average molecular weight is 291 g/mol. The summed E-state index contributed by atoms with van der Waals surface area (Å²) in [5, 5.41) is 13.2. The van der Waals surface area contributed by atoms with Crippen LogP contribution in [0.4, 0.5) is 11.4 Å². The van der Waals surface area contributed by atoms with Crippen LogP contribution < -0.4 is 11.1 Å². The molecule has 1 aliphatic rings. The molecule has 2 rings (SSSR count). The van der Waals surface area contributed by atoms with Gasteiger partial charge in [0.05, 0.1) is 23.5 Å². The summed E-state index contributed by atoms with van der Waals surface area (Å²) >= 11 is 0. The van der Waals surface area contributed by atoms with E-state index >= 15 is 0 Å². The maximum absolute atomic E-state index is 12.1. The summed E-state index contributed by atoms with van der Waals surface area (Å²) in [6, 6.07) is 5.55. The molecule has 0 atom stereocenters. The third-order valence-electron chi connectivity index (χ3n) is 4.08. The van der Waals surface area contributed by atoms with Crippen LogP contribution in [-0.2, 0) is 4.79 Å². The number of carbonyl (C=O) groups excluding carboxylic acids is 1. The van der Waals surface area contributed by atoms with Crippen molar-refractivity contribution in [3.05, 3.63) is 23.8 Å². The van der Waals surface area contributed by atoms with Crippen LogP contribution in [0.3, 0.4) is 0 Å². The van der Waals surface area contributed by atoms with Crippen LogP contribution in [0, 0.1) is 6.92 Å². The van der Waals surface area contributed by atoms with E-state index in [4.69, 9.17) is 5.73 Å². The van der Waals surface area contributed by atoms with Gasteiger partial charge in [-0.2, -0.15) is 0 Å². The topological polar surface area (TPSA) is 78.6 Å². The monoisotopic (exact) mass is 291 g/mol. The van der Waals surface area contributed by atoms with E-state index in [2.05, 4.69) is 5.32 Å². The molecule has 1 amide bonds. The SMILES string of the molecule is Cc1cccc(N)c1NC(=O)CN(C)CC1(O)CCCC1. The lowest BCUT2D eigenvalue weighted by Gasteiger charge is -2.28. The maximum atomic E-state index is 12.1. The van der Waals surface area contributed by atoms with Crippen molar-refractivity contribution in [2.45, 2.75) is 38.2 Å². The molecule has 0 aromatic heterocycles. The number of amides is 1. The molecule has 1 aliphatic carbocycles. The van der Waals surface area contributed by atoms with Crippen molar-refractivity contribution in [1.29, 1.82) is 0 Å². The third-order valence-corrected chi connectivity index (χ3v) is 4.08. The fraction of sp³-hybridized carbons (Fsp3) is 0.562. The van der Waals surface area contributed by atoms with Gasteiger partial charge in [-0.25, -0.2) is 0 Å². The third kappa shape index (κ3) is 4.19. The van der Waals surface area contributed by atoms with Crippen LogP contribution in [0.15, 0.2) is 18.2 Å². The highest BCUT2D eigenvalue weighted by atomic mass is 16.3. The predicted octanol–water partition coefficient (Wildman–Crippen LogP) is 1.75. The highest BCUT2D eigenvalue weighted by molar-refractivity contribution is 5.96. The van der Waals surface area contributed by atoms with Gasteiger partial charge < -0.3 is 16.2 Å². The number of likely N-dealkylation sites (N-methyl/N-ethyl adjacent to an activating group) is 1. The Balaban J connectivity index is 1.89. The van der Waals surface area contributed by atoms with E-state index in [1.54, 1.807) is 6.07 Å². The summed E-state index contributed by atoms with van der Waals surface area (Å²) in [6.45, 7) is 2.69. The molecule has 1 fully saturated rings. The standard InChI is InChI=1S/C16H25N3O2/c1-12-6-5-7-13(17)15(12)18-14(20)10-19(2)11-16(21)8-3-4-9-16/h5-7,21H,3-4,8-11,17H2,1-2H3,(H,18,20). The number of carbonyl (C=O) groups is 1. The van der Waals surface area contributed by atoms with Gasteiger partial charge >= 0.3 is 0 Å². The van der Waals surface area contributed by atoms with E-state index in [0.717, 1.165) is 31.2 Å². The summed E-state index contributed by atoms with van der Waals surface area (Å²) in [4.78, 5) is 14.0. The molecule has 0 unspecified atom stereocenters. The molecule has 4 N–H and O–H groups in total. The van der Waals surface area contributed by atoms with Gasteiger partial charge in [0.1, 0.15) is 0 Å².